The second-order valence-electron chi connectivity index (χ2n) is 5.98. The Morgan fingerprint density at radius 3 is 2.39 bits per heavy atom. The molecule has 0 saturated carbocycles. The zero-order chi connectivity index (χ0) is 14.1. The van der Waals surface area contributed by atoms with E-state index in [1.54, 1.807) is 30.1 Å². The lowest BCUT2D eigenvalue weighted by molar-refractivity contribution is 0.0626. The molecule has 1 rings (SSSR count). The predicted molar refractivity (Wildman–Crippen MR) is 73.9 cm³/mol. The van der Waals surface area contributed by atoms with Crippen LogP contribution >= 0.6 is 0 Å². The van der Waals surface area contributed by atoms with Gasteiger partial charge in [-0.25, -0.2) is 0 Å². The molecule has 0 aliphatic rings. The number of aromatic hydroxyl groups is 1. The summed E-state index contributed by atoms with van der Waals surface area (Å²) < 4.78 is 0. The summed E-state index contributed by atoms with van der Waals surface area (Å²) in [6, 6.07) is 5.17. The number of carbonyl (C=O) groups is 1. The van der Waals surface area contributed by atoms with E-state index < -0.39 is 0 Å². The van der Waals surface area contributed by atoms with Gasteiger partial charge in [0, 0.05) is 13.1 Å². The Labute approximate surface area is 109 Å². The van der Waals surface area contributed by atoms with Gasteiger partial charge in [-0.3, -0.25) is 4.79 Å². The maximum Gasteiger partial charge on any atom is 0.257 e. The van der Waals surface area contributed by atoms with Crippen LogP contribution in [-0.4, -0.2) is 29.0 Å². The first-order chi connectivity index (χ1) is 8.14. The van der Waals surface area contributed by atoms with Crippen molar-refractivity contribution in [1.82, 2.24) is 4.90 Å². The SMILES string of the molecule is Cc1ccc(O)c(C(=O)N(C)C(C)C(C)(C)C)c1. The number of carbonyl (C=O) groups excluding carboxylic acids is 1. The van der Waals surface area contributed by atoms with Gasteiger partial charge in [-0.1, -0.05) is 32.4 Å². The van der Waals surface area contributed by atoms with Crippen molar-refractivity contribution < 1.29 is 9.90 Å². The molecule has 1 atom stereocenters. The molecule has 0 fully saturated rings. The molecule has 1 amide bonds. The second-order valence-corrected chi connectivity index (χ2v) is 5.98. The zero-order valence-corrected chi connectivity index (χ0v) is 12.1. The molecule has 3 heteroatoms. The number of nitrogens with zero attached hydrogens (tertiary/aromatic N) is 1. The first kappa shape index (κ1) is 14.6. The van der Waals surface area contributed by atoms with Crippen LogP contribution in [0.3, 0.4) is 0 Å². The van der Waals surface area contributed by atoms with Crippen molar-refractivity contribution in [3.8, 4) is 5.75 Å². The Morgan fingerprint density at radius 1 is 1.33 bits per heavy atom. The highest BCUT2D eigenvalue weighted by atomic mass is 16.3. The van der Waals surface area contributed by atoms with Crippen LogP contribution in [0.1, 0.15) is 43.6 Å². The number of benzene rings is 1. The van der Waals surface area contributed by atoms with E-state index in [1.165, 1.54) is 0 Å². The Hall–Kier alpha value is -1.51. The molecule has 18 heavy (non-hydrogen) atoms. The normalized spacial score (nSPS) is 13.2. The summed E-state index contributed by atoms with van der Waals surface area (Å²) in [7, 11) is 1.78. The molecule has 0 aromatic heterocycles. The minimum Gasteiger partial charge on any atom is -0.507 e. The van der Waals surface area contributed by atoms with E-state index in [0.717, 1.165) is 5.56 Å². The third kappa shape index (κ3) is 3.03. The molecule has 100 valence electrons. The van der Waals surface area contributed by atoms with Crippen LogP contribution in [0.5, 0.6) is 5.75 Å². The van der Waals surface area contributed by atoms with Crippen molar-refractivity contribution >= 4 is 5.91 Å². The molecule has 0 bridgehead atoms. The fourth-order valence-corrected chi connectivity index (χ4v) is 1.77. The topological polar surface area (TPSA) is 40.5 Å². The predicted octanol–water partition coefficient (Wildman–Crippen LogP) is 3.21. The Morgan fingerprint density at radius 2 is 1.89 bits per heavy atom. The average molecular weight is 249 g/mol. The van der Waals surface area contributed by atoms with Gasteiger partial charge in [0.05, 0.1) is 5.56 Å². The van der Waals surface area contributed by atoms with E-state index in [9.17, 15) is 9.90 Å². The van der Waals surface area contributed by atoms with Crippen molar-refractivity contribution in [2.45, 2.75) is 40.7 Å². The van der Waals surface area contributed by atoms with Gasteiger partial charge in [-0.05, 0) is 31.4 Å². The van der Waals surface area contributed by atoms with E-state index in [1.807, 2.05) is 13.8 Å². The Balaban J connectivity index is 3.04. The zero-order valence-electron chi connectivity index (χ0n) is 12.1. The highest BCUT2D eigenvalue weighted by Crippen LogP contribution is 2.26. The quantitative estimate of drug-likeness (QED) is 0.874. The monoisotopic (exact) mass is 249 g/mol. The molecule has 0 radical (unpaired) electrons. The summed E-state index contributed by atoms with van der Waals surface area (Å²) >= 11 is 0. The van der Waals surface area contributed by atoms with E-state index in [4.69, 9.17) is 0 Å². The lowest BCUT2D eigenvalue weighted by Crippen LogP contribution is -2.43. The van der Waals surface area contributed by atoms with Crippen molar-refractivity contribution in [3.05, 3.63) is 29.3 Å². The molecular weight excluding hydrogens is 226 g/mol. The lowest BCUT2D eigenvalue weighted by atomic mass is 9.87. The summed E-state index contributed by atoms with van der Waals surface area (Å²) in [5, 5.41) is 9.79. The van der Waals surface area contributed by atoms with Gasteiger partial charge < -0.3 is 10.0 Å². The number of aryl methyl sites for hydroxylation is 1. The van der Waals surface area contributed by atoms with E-state index in [-0.39, 0.29) is 23.1 Å². The van der Waals surface area contributed by atoms with Crippen LogP contribution in [0.2, 0.25) is 0 Å². The van der Waals surface area contributed by atoms with Crippen LogP contribution in [0.15, 0.2) is 18.2 Å². The van der Waals surface area contributed by atoms with Crippen LogP contribution in [0.25, 0.3) is 0 Å². The smallest absolute Gasteiger partial charge is 0.257 e. The van der Waals surface area contributed by atoms with Crippen LogP contribution in [0.4, 0.5) is 0 Å². The fourth-order valence-electron chi connectivity index (χ4n) is 1.77. The minimum atomic E-state index is -0.140. The lowest BCUT2D eigenvalue weighted by Gasteiger charge is -2.35. The molecule has 0 saturated heterocycles. The highest BCUT2D eigenvalue weighted by molar-refractivity contribution is 5.97. The van der Waals surface area contributed by atoms with Crippen LogP contribution < -0.4 is 0 Å². The van der Waals surface area contributed by atoms with Gasteiger partial charge in [-0.15, -0.1) is 0 Å². The third-order valence-electron chi connectivity index (χ3n) is 3.54. The number of rotatable bonds is 2. The van der Waals surface area contributed by atoms with Crippen LogP contribution in [0, 0.1) is 12.3 Å². The molecule has 0 aliphatic heterocycles. The molecule has 3 nitrogen and oxygen atoms in total. The first-order valence-electron chi connectivity index (χ1n) is 6.21. The number of phenolic OH excluding ortho intramolecular Hbond substituents is 1. The molecular formula is C15H23NO2. The number of hydrogen-bond acceptors (Lipinski definition) is 2. The fraction of sp³-hybridized carbons (Fsp3) is 0.533. The largest absolute Gasteiger partial charge is 0.507 e. The highest BCUT2D eigenvalue weighted by Gasteiger charge is 2.28. The first-order valence-corrected chi connectivity index (χ1v) is 6.21. The summed E-state index contributed by atoms with van der Waals surface area (Å²) in [5.41, 5.74) is 1.34. The van der Waals surface area contributed by atoms with Gasteiger partial charge in [-0.2, -0.15) is 0 Å². The van der Waals surface area contributed by atoms with Gasteiger partial charge in [0.2, 0.25) is 0 Å². The second kappa shape index (κ2) is 5.01. The summed E-state index contributed by atoms with van der Waals surface area (Å²) in [5.74, 6) is -0.0998. The maximum atomic E-state index is 12.4. The van der Waals surface area contributed by atoms with Gasteiger partial charge in [0.1, 0.15) is 5.75 Å². The molecule has 1 N–H and O–H groups in total. The maximum absolute atomic E-state index is 12.4. The standard InChI is InChI=1S/C15H23NO2/c1-10-7-8-13(17)12(9-10)14(18)16(6)11(2)15(3,4)5/h7-9,11,17H,1-6H3. The third-order valence-corrected chi connectivity index (χ3v) is 3.54. The Bertz CT molecular complexity index is 446. The number of amides is 1. The van der Waals surface area contributed by atoms with E-state index in [0.29, 0.717) is 5.56 Å². The molecule has 0 heterocycles. The van der Waals surface area contributed by atoms with Crippen LogP contribution in [-0.2, 0) is 0 Å². The van der Waals surface area contributed by atoms with Crippen molar-refractivity contribution in [1.29, 1.82) is 0 Å². The van der Waals surface area contributed by atoms with E-state index >= 15 is 0 Å². The summed E-state index contributed by atoms with van der Waals surface area (Å²) in [6.45, 7) is 10.2. The molecule has 1 aromatic carbocycles. The average Bonchev–Trinajstić information content (AvgIpc) is 2.28. The van der Waals surface area contributed by atoms with Crippen molar-refractivity contribution in [3.63, 3.8) is 0 Å². The van der Waals surface area contributed by atoms with Gasteiger partial charge in [0.15, 0.2) is 0 Å². The molecule has 1 aromatic rings. The number of phenols is 1. The van der Waals surface area contributed by atoms with E-state index in [2.05, 4.69) is 20.8 Å². The molecule has 0 aliphatic carbocycles. The number of hydrogen-bond donors (Lipinski definition) is 1. The summed E-state index contributed by atoms with van der Waals surface area (Å²) in [4.78, 5) is 14.1. The van der Waals surface area contributed by atoms with Crippen molar-refractivity contribution in [2.24, 2.45) is 5.41 Å². The van der Waals surface area contributed by atoms with Gasteiger partial charge >= 0.3 is 0 Å². The Kier molecular flexibility index (Phi) is 4.05. The molecule has 0 spiro atoms. The molecule has 1 unspecified atom stereocenters. The van der Waals surface area contributed by atoms with Crippen molar-refractivity contribution in [2.75, 3.05) is 7.05 Å². The minimum absolute atomic E-state index is 0.00382. The summed E-state index contributed by atoms with van der Waals surface area (Å²) in [6.07, 6.45) is 0. The van der Waals surface area contributed by atoms with Gasteiger partial charge in [0.25, 0.3) is 5.91 Å².